The molecule has 0 saturated heterocycles. The quantitative estimate of drug-likeness (QED) is 0.549. The second-order valence-corrected chi connectivity index (χ2v) is 6.19. The maximum atomic E-state index is 4.76. The first-order valence-corrected chi connectivity index (χ1v) is 8.35. The fourth-order valence-electron chi connectivity index (χ4n) is 2.85. The van der Waals surface area contributed by atoms with Crippen LogP contribution >= 0.6 is 12.4 Å². The molecule has 5 nitrogen and oxygen atoms in total. The summed E-state index contributed by atoms with van der Waals surface area (Å²) in [6.07, 6.45) is 7.41. The number of aromatic nitrogens is 5. The van der Waals surface area contributed by atoms with E-state index in [0.29, 0.717) is 0 Å². The highest BCUT2D eigenvalue weighted by Crippen LogP contribution is 2.18. The highest BCUT2D eigenvalue weighted by molar-refractivity contribution is 5.85. The zero-order valence-corrected chi connectivity index (χ0v) is 15.6. The minimum absolute atomic E-state index is 0. The van der Waals surface area contributed by atoms with Gasteiger partial charge < -0.3 is 4.57 Å². The van der Waals surface area contributed by atoms with E-state index < -0.39 is 0 Å². The Hall–Kier alpha value is -2.79. The van der Waals surface area contributed by atoms with Gasteiger partial charge >= 0.3 is 0 Å². The average Bonchev–Trinajstić information content (AvgIpc) is 3.01. The Balaban J connectivity index is 0.00000196. The van der Waals surface area contributed by atoms with Gasteiger partial charge in [0, 0.05) is 43.3 Å². The van der Waals surface area contributed by atoms with Crippen LogP contribution in [0.2, 0.25) is 0 Å². The number of pyridine rings is 1. The van der Waals surface area contributed by atoms with Gasteiger partial charge in [-0.25, -0.2) is 9.97 Å². The fourth-order valence-corrected chi connectivity index (χ4v) is 2.85. The van der Waals surface area contributed by atoms with Crippen LogP contribution in [0.5, 0.6) is 0 Å². The van der Waals surface area contributed by atoms with Crippen LogP contribution in [0.4, 0.5) is 0 Å². The minimum Gasteiger partial charge on any atom is -0.337 e. The van der Waals surface area contributed by atoms with Crippen LogP contribution < -0.4 is 0 Å². The average molecular weight is 366 g/mol. The van der Waals surface area contributed by atoms with Crippen LogP contribution in [0.1, 0.15) is 17.2 Å². The Bertz CT molecular complexity index is 1020. The molecule has 0 aliphatic heterocycles. The maximum Gasteiger partial charge on any atom is 0.109 e. The van der Waals surface area contributed by atoms with Crippen LogP contribution in [-0.2, 0) is 19.9 Å². The van der Waals surface area contributed by atoms with Crippen LogP contribution in [0.15, 0.2) is 55.0 Å². The number of para-hydroxylation sites is 2. The lowest BCUT2D eigenvalue weighted by molar-refractivity contribution is 0.762. The van der Waals surface area contributed by atoms with E-state index in [4.69, 9.17) is 4.98 Å². The van der Waals surface area contributed by atoms with Gasteiger partial charge in [0.15, 0.2) is 0 Å². The van der Waals surface area contributed by atoms with Gasteiger partial charge in [-0.2, -0.15) is 0 Å². The third kappa shape index (κ3) is 3.73. The van der Waals surface area contributed by atoms with E-state index in [-0.39, 0.29) is 12.4 Å². The summed E-state index contributed by atoms with van der Waals surface area (Å²) in [5.74, 6) is 1.03. The molecule has 1 aromatic carbocycles. The molecule has 0 aliphatic carbocycles. The molecule has 0 spiro atoms. The van der Waals surface area contributed by atoms with Crippen molar-refractivity contribution in [1.29, 1.82) is 0 Å². The van der Waals surface area contributed by atoms with Crippen LogP contribution in [-0.4, -0.2) is 24.5 Å². The first-order valence-electron chi connectivity index (χ1n) is 8.35. The lowest BCUT2D eigenvalue weighted by atomic mass is 10.2. The van der Waals surface area contributed by atoms with Crippen molar-refractivity contribution in [3.63, 3.8) is 0 Å². The van der Waals surface area contributed by atoms with Crippen molar-refractivity contribution in [3.05, 3.63) is 72.2 Å². The number of halogens is 1. The summed E-state index contributed by atoms with van der Waals surface area (Å²) in [6, 6.07) is 12.0. The van der Waals surface area contributed by atoms with Crippen LogP contribution in [0.25, 0.3) is 22.3 Å². The van der Waals surface area contributed by atoms with Crippen molar-refractivity contribution < 1.29 is 0 Å². The Morgan fingerprint density at radius 3 is 2.46 bits per heavy atom. The maximum absolute atomic E-state index is 4.76. The first-order chi connectivity index (χ1) is 12.2. The molecule has 4 aromatic rings. The Labute approximate surface area is 158 Å². The predicted molar refractivity (Wildman–Crippen MR) is 105 cm³/mol. The number of fused-ring (bicyclic) bond motifs is 1. The van der Waals surface area contributed by atoms with E-state index in [1.807, 2.05) is 62.9 Å². The number of hydrogen-bond acceptors (Lipinski definition) is 4. The standard InChI is InChI=1S/C20H19N5.ClH/c1-14-7-8-15(11-21-14)19-13-25(2)20(24-19)10-9-16-12-22-17-5-3-4-6-18(17)23-16;/h3-8,11-13H,9-10H2,1-2H3;1H. The third-order valence-electron chi connectivity index (χ3n) is 4.28. The molecule has 6 heteroatoms. The Morgan fingerprint density at radius 1 is 0.885 bits per heavy atom. The van der Waals surface area contributed by atoms with Crippen LogP contribution in [0, 0.1) is 6.92 Å². The van der Waals surface area contributed by atoms with Crippen LogP contribution in [0.3, 0.4) is 0 Å². The van der Waals surface area contributed by atoms with Gasteiger partial charge in [-0.15, -0.1) is 12.4 Å². The summed E-state index contributed by atoms with van der Waals surface area (Å²) in [6.45, 7) is 1.98. The monoisotopic (exact) mass is 365 g/mol. The molecule has 0 amide bonds. The largest absolute Gasteiger partial charge is 0.337 e. The fraction of sp³-hybridized carbons (Fsp3) is 0.200. The molecule has 0 radical (unpaired) electrons. The molecule has 4 rings (SSSR count). The molecule has 132 valence electrons. The first kappa shape index (κ1) is 18.0. The molecule has 0 fully saturated rings. The highest BCUT2D eigenvalue weighted by atomic mass is 35.5. The summed E-state index contributed by atoms with van der Waals surface area (Å²) in [5.41, 5.74) is 5.85. The summed E-state index contributed by atoms with van der Waals surface area (Å²) < 4.78 is 2.07. The molecule has 3 heterocycles. The van der Waals surface area contributed by atoms with Gasteiger partial charge in [0.25, 0.3) is 0 Å². The van der Waals surface area contributed by atoms with E-state index in [9.17, 15) is 0 Å². The highest BCUT2D eigenvalue weighted by Gasteiger charge is 2.09. The molecular weight excluding hydrogens is 346 g/mol. The molecule has 0 aliphatic rings. The summed E-state index contributed by atoms with van der Waals surface area (Å²) in [5, 5.41) is 0. The minimum atomic E-state index is 0. The number of nitrogens with zero attached hydrogens (tertiary/aromatic N) is 5. The Morgan fingerprint density at radius 2 is 1.69 bits per heavy atom. The topological polar surface area (TPSA) is 56.5 Å². The van der Waals surface area contributed by atoms with Crippen molar-refractivity contribution >= 4 is 23.4 Å². The van der Waals surface area contributed by atoms with Gasteiger partial charge in [0.1, 0.15) is 5.82 Å². The van der Waals surface area contributed by atoms with Gasteiger partial charge in [0.05, 0.1) is 22.4 Å². The second kappa shape index (κ2) is 7.62. The molecule has 0 N–H and O–H groups in total. The predicted octanol–water partition coefficient (Wildman–Crippen LogP) is 3.94. The lowest BCUT2D eigenvalue weighted by Crippen LogP contribution is -2.02. The van der Waals surface area contributed by atoms with Gasteiger partial charge in [-0.05, 0) is 37.6 Å². The van der Waals surface area contributed by atoms with Gasteiger partial charge in [-0.3, -0.25) is 9.97 Å². The van der Waals surface area contributed by atoms with Crippen molar-refractivity contribution in [2.45, 2.75) is 19.8 Å². The van der Waals surface area contributed by atoms with Gasteiger partial charge in [0.2, 0.25) is 0 Å². The molecule has 3 aromatic heterocycles. The zero-order valence-electron chi connectivity index (χ0n) is 14.8. The second-order valence-electron chi connectivity index (χ2n) is 6.19. The lowest BCUT2D eigenvalue weighted by Gasteiger charge is -2.03. The van der Waals surface area contributed by atoms with Crippen molar-refractivity contribution in [2.75, 3.05) is 0 Å². The SMILES string of the molecule is Cc1ccc(-c2cn(C)c(CCc3cnc4ccccc4n3)n2)cn1.Cl. The number of hydrogen-bond donors (Lipinski definition) is 0. The third-order valence-corrected chi connectivity index (χ3v) is 4.28. The van der Waals surface area contributed by atoms with E-state index in [1.54, 1.807) is 0 Å². The molecule has 26 heavy (non-hydrogen) atoms. The number of rotatable bonds is 4. The molecule has 0 bridgehead atoms. The molecule has 0 atom stereocenters. The molecule has 0 saturated carbocycles. The molecule has 0 unspecified atom stereocenters. The van der Waals surface area contributed by atoms with Crippen molar-refractivity contribution in [2.24, 2.45) is 7.05 Å². The van der Waals surface area contributed by atoms with Crippen molar-refractivity contribution in [3.8, 4) is 11.3 Å². The summed E-state index contributed by atoms with van der Waals surface area (Å²) in [4.78, 5) is 18.3. The number of aryl methyl sites for hydroxylation is 4. The normalized spacial score (nSPS) is 10.7. The van der Waals surface area contributed by atoms with Crippen molar-refractivity contribution in [1.82, 2.24) is 24.5 Å². The summed E-state index contributed by atoms with van der Waals surface area (Å²) in [7, 11) is 2.03. The smallest absolute Gasteiger partial charge is 0.109 e. The van der Waals surface area contributed by atoms with E-state index in [0.717, 1.165) is 52.3 Å². The van der Waals surface area contributed by atoms with E-state index >= 15 is 0 Å². The van der Waals surface area contributed by atoms with E-state index in [2.05, 4.69) is 25.6 Å². The summed E-state index contributed by atoms with van der Waals surface area (Å²) >= 11 is 0. The number of imidazole rings is 1. The van der Waals surface area contributed by atoms with Gasteiger partial charge in [-0.1, -0.05) is 12.1 Å². The number of benzene rings is 1. The zero-order chi connectivity index (χ0) is 17.2. The molecular formula is C20H20ClN5. The van der Waals surface area contributed by atoms with E-state index in [1.165, 1.54) is 0 Å². The Kier molecular flexibility index (Phi) is 5.28.